The topological polar surface area (TPSA) is 65.8 Å². The molecule has 1 atom stereocenters. The molecule has 2 saturated heterocycles. The van der Waals surface area contributed by atoms with E-state index in [1.54, 1.807) is 0 Å². The van der Waals surface area contributed by atoms with Gasteiger partial charge in [0.1, 0.15) is 5.60 Å². The molecule has 1 aromatic carbocycles. The maximum absolute atomic E-state index is 12.1. The summed E-state index contributed by atoms with van der Waals surface area (Å²) in [5.74, 6) is 0.502. The van der Waals surface area contributed by atoms with E-state index in [4.69, 9.17) is 14.7 Å². The summed E-state index contributed by atoms with van der Waals surface area (Å²) in [4.78, 5) is 16.3. The van der Waals surface area contributed by atoms with E-state index >= 15 is 0 Å². The van der Waals surface area contributed by atoms with Crippen LogP contribution in [0, 0.1) is 17.2 Å². The molecular weight excluding hydrogens is 378 g/mol. The fourth-order valence-corrected chi connectivity index (χ4v) is 3.73. The third-order valence-electron chi connectivity index (χ3n) is 5.34. The van der Waals surface area contributed by atoms with E-state index in [1.165, 1.54) is 0 Å². The van der Waals surface area contributed by atoms with Crippen LogP contribution in [0.5, 0.6) is 0 Å². The van der Waals surface area contributed by atoms with Crippen molar-refractivity contribution in [2.45, 2.75) is 65.6 Å². The van der Waals surface area contributed by atoms with Gasteiger partial charge in [-0.1, -0.05) is 13.8 Å². The first-order valence-electron chi connectivity index (χ1n) is 11.2. The van der Waals surface area contributed by atoms with Crippen molar-refractivity contribution in [1.82, 2.24) is 4.90 Å². The van der Waals surface area contributed by atoms with E-state index < -0.39 is 5.60 Å². The van der Waals surface area contributed by atoms with Crippen molar-refractivity contribution in [3.8, 4) is 6.07 Å². The SMILES string of the molecule is CC.CC(C)(C)OC(=O)N1CCC(COC2CCN(c3ccc(C#N)cc3)C2)CC1. The second-order valence-electron chi connectivity index (χ2n) is 8.76. The van der Waals surface area contributed by atoms with E-state index in [9.17, 15) is 4.79 Å². The predicted molar refractivity (Wildman–Crippen MR) is 120 cm³/mol. The Labute approximate surface area is 181 Å². The number of anilines is 1. The number of carbonyl (C=O) groups excluding carboxylic acids is 1. The molecule has 166 valence electrons. The third kappa shape index (κ3) is 7.21. The zero-order valence-corrected chi connectivity index (χ0v) is 19.2. The van der Waals surface area contributed by atoms with Crippen LogP contribution in [0.4, 0.5) is 10.5 Å². The van der Waals surface area contributed by atoms with Gasteiger partial charge < -0.3 is 19.3 Å². The molecule has 0 spiro atoms. The zero-order chi connectivity index (χ0) is 22.1. The molecule has 0 N–H and O–H groups in total. The molecule has 6 heteroatoms. The number of likely N-dealkylation sites (tertiary alicyclic amines) is 1. The lowest BCUT2D eigenvalue weighted by Crippen LogP contribution is -2.42. The molecule has 0 radical (unpaired) electrons. The van der Waals surface area contributed by atoms with E-state index in [-0.39, 0.29) is 12.2 Å². The lowest BCUT2D eigenvalue weighted by atomic mass is 9.98. The smallest absolute Gasteiger partial charge is 0.410 e. The van der Waals surface area contributed by atoms with Crippen LogP contribution in [0.2, 0.25) is 0 Å². The molecule has 2 heterocycles. The molecule has 1 aromatic rings. The predicted octanol–water partition coefficient (Wildman–Crippen LogP) is 4.83. The number of nitriles is 1. The number of amides is 1. The summed E-state index contributed by atoms with van der Waals surface area (Å²) in [6.45, 7) is 13.8. The summed E-state index contributed by atoms with van der Waals surface area (Å²) < 4.78 is 11.6. The largest absolute Gasteiger partial charge is 0.444 e. The third-order valence-corrected chi connectivity index (χ3v) is 5.34. The van der Waals surface area contributed by atoms with Crippen molar-refractivity contribution in [2.75, 3.05) is 37.7 Å². The van der Waals surface area contributed by atoms with Crippen molar-refractivity contribution in [3.63, 3.8) is 0 Å². The molecule has 0 saturated carbocycles. The number of rotatable bonds is 4. The number of ether oxygens (including phenoxy) is 2. The molecule has 1 unspecified atom stereocenters. The van der Waals surface area contributed by atoms with E-state index in [2.05, 4.69) is 11.0 Å². The monoisotopic (exact) mass is 415 g/mol. The fraction of sp³-hybridized carbons (Fsp3) is 0.667. The van der Waals surface area contributed by atoms with Gasteiger partial charge in [-0.3, -0.25) is 0 Å². The number of nitrogens with zero attached hydrogens (tertiary/aromatic N) is 3. The maximum Gasteiger partial charge on any atom is 0.410 e. The van der Waals surface area contributed by atoms with Crippen molar-refractivity contribution in [2.24, 2.45) is 5.92 Å². The second-order valence-corrected chi connectivity index (χ2v) is 8.76. The quantitative estimate of drug-likeness (QED) is 0.705. The molecule has 2 fully saturated rings. The van der Waals surface area contributed by atoms with Gasteiger partial charge in [0.05, 0.1) is 17.7 Å². The minimum absolute atomic E-state index is 0.208. The van der Waals surface area contributed by atoms with Gasteiger partial charge in [0.25, 0.3) is 0 Å². The zero-order valence-electron chi connectivity index (χ0n) is 19.2. The normalized spacial score (nSPS) is 19.7. The highest BCUT2D eigenvalue weighted by Gasteiger charge is 2.29. The van der Waals surface area contributed by atoms with Gasteiger partial charge in [-0.15, -0.1) is 0 Å². The highest BCUT2D eigenvalue weighted by molar-refractivity contribution is 5.68. The summed E-state index contributed by atoms with van der Waals surface area (Å²) in [5.41, 5.74) is 1.39. The Bertz CT molecular complexity index is 698. The lowest BCUT2D eigenvalue weighted by Gasteiger charge is -2.33. The Balaban J connectivity index is 0.00000155. The van der Waals surface area contributed by atoms with Gasteiger partial charge in [0, 0.05) is 38.5 Å². The summed E-state index contributed by atoms with van der Waals surface area (Å²) in [6, 6.07) is 9.90. The first-order valence-corrected chi connectivity index (χ1v) is 11.2. The number of carbonyl (C=O) groups is 1. The number of hydrogen-bond acceptors (Lipinski definition) is 5. The summed E-state index contributed by atoms with van der Waals surface area (Å²) in [6.07, 6.45) is 2.99. The average molecular weight is 416 g/mol. The Morgan fingerprint density at radius 1 is 1.10 bits per heavy atom. The number of benzene rings is 1. The Hall–Kier alpha value is -2.26. The molecule has 0 aromatic heterocycles. The first kappa shape index (κ1) is 24.0. The first-order chi connectivity index (χ1) is 14.3. The van der Waals surface area contributed by atoms with Crippen LogP contribution in [0.1, 0.15) is 59.4 Å². The van der Waals surface area contributed by atoms with Gasteiger partial charge in [0.15, 0.2) is 0 Å². The molecule has 2 aliphatic rings. The highest BCUT2D eigenvalue weighted by atomic mass is 16.6. The molecule has 2 aliphatic heterocycles. The van der Waals surface area contributed by atoms with Gasteiger partial charge in [-0.25, -0.2) is 4.79 Å². The van der Waals surface area contributed by atoms with Crippen molar-refractivity contribution in [3.05, 3.63) is 29.8 Å². The summed E-state index contributed by atoms with van der Waals surface area (Å²) in [5, 5.41) is 8.91. The van der Waals surface area contributed by atoms with Crippen molar-refractivity contribution >= 4 is 11.8 Å². The van der Waals surface area contributed by atoms with Gasteiger partial charge in [0.2, 0.25) is 0 Å². The Kier molecular flexibility index (Phi) is 8.98. The van der Waals surface area contributed by atoms with Crippen LogP contribution in [-0.4, -0.2) is 55.5 Å². The fourth-order valence-electron chi connectivity index (χ4n) is 3.73. The van der Waals surface area contributed by atoms with Crippen LogP contribution in [-0.2, 0) is 9.47 Å². The number of piperidine rings is 1. The van der Waals surface area contributed by atoms with Crippen molar-refractivity contribution < 1.29 is 14.3 Å². The standard InChI is InChI=1S/C22H31N3O3.C2H6/c1-22(2,3)28-21(26)24-11-8-18(9-12-24)16-27-20-10-13-25(15-20)19-6-4-17(14-23)5-7-19;1-2/h4-7,18,20H,8-13,15-16H2,1-3H3;1-2H3. The Morgan fingerprint density at radius 2 is 1.73 bits per heavy atom. The van der Waals surface area contributed by atoms with E-state index in [0.29, 0.717) is 11.5 Å². The van der Waals surface area contributed by atoms with Gasteiger partial charge in [-0.05, 0) is 70.2 Å². The molecular formula is C24H37N3O3. The molecule has 6 nitrogen and oxygen atoms in total. The van der Waals surface area contributed by atoms with E-state index in [1.807, 2.05) is 63.8 Å². The highest BCUT2D eigenvalue weighted by Crippen LogP contribution is 2.25. The van der Waals surface area contributed by atoms with Crippen molar-refractivity contribution in [1.29, 1.82) is 5.26 Å². The van der Waals surface area contributed by atoms with Crippen LogP contribution < -0.4 is 4.90 Å². The van der Waals surface area contributed by atoms with Crippen LogP contribution >= 0.6 is 0 Å². The number of hydrogen-bond donors (Lipinski definition) is 0. The summed E-state index contributed by atoms with van der Waals surface area (Å²) >= 11 is 0. The van der Waals surface area contributed by atoms with Gasteiger partial charge >= 0.3 is 6.09 Å². The molecule has 1 amide bonds. The molecule has 30 heavy (non-hydrogen) atoms. The minimum atomic E-state index is -0.444. The van der Waals surface area contributed by atoms with Crippen LogP contribution in [0.15, 0.2) is 24.3 Å². The Morgan fingerprint density at radius 3 is 2.30 bits per heavy atom. The maximum atomic E-state index is 12.1. The second kappa shape index (κ2) is 11.2. The lowest BCUT2D eigenvalue weighted by molar-refractivity contribution is 0.00249. The molecule has 0 bridgehead atoms. The van der Waals surface area contributed by atoms with Crippen LogP contribution in [0.25, 0.3) is 0 Å². The molecule has 3 rings (SSSR count). The summed E-state index contributed by atoms with van der Waals surface area (Å²) in [7, 11) is 0. The average Bonchev–Trinajstić information content (AvgIpc) is 3.22. The van der Waals surface area contributed by atoms with E-state index in [0.717, 1.165) is 57.7 Å². The van der Waals surface area contributed by atoms with Gasteiger partial charge in [-0.2, -0.15) is 5.26 Å². The van der Waals surface area contributed by atoms with Crippen LogP contribution in [0.3, 0.4) is 0 Å². The minimum Gasteiger partial charge on any atom is -0.444 e. The molecule has 0 aliphatic carbocycles.